The van der Waals surface area contributed by atoms with Crippen LogP contribution in [0.25, 0.3) is 0 Å². The van der Waals surface area contributed by atoms with E-state index in [1.807, 2.05) is 0 Å². The first kappa shape index (κ1) is 16.1. The number of benzene rings is 1. The predicted octanol–water partition coefficient (Wildman–Crippen LogP) is 3.15. The average Bonchev–Trinajstić information content (AvgIpc) is 2.38. The first-order valence-corrected chi connectivity index (χ1v) is 7.54. The van der Waals surface area contributed by atoms with Crippen LogP contribution in [0, 0.1) is 6.92 Å². The summed E-state index contributed by atoms with van der Waals surface area (Å²) in [5.41, 5.74) is 2.56. The number of methoxy groups -OCH3 is 1. The van der Waals surface area contributed by atoms with E-state index in [-0.39, 0.29) is 5.97 Å². The smallest absolute Gasteiger partial charge is 0.306 e. The summed E-state index contributed by atoms with van der Waals surface area (Å²) in [4.78, 5) is 12.3. The van der Waals surface area contributed by atoms with E-state index >= 15 is 0 Å². The van der Waals surface area contributed by atoms with Crippen molar-refractivity contribution in [3.8, 4) is 0 Å². The largest absolute Gasteiger partial charge is 0.469 e. The summed E-state index contributed by atoms with van der Waals surface area (Å²) in [6.07, 6.45) is 0.456. The van der Waals surface area contributed by atoms with Crippen LogP contribution >= 0.6 is 11.8 Å². The molecule has 1 rings (SSSR count). The number of carbonyl (C=O) groups is 1. The van der Waals surface area contributed by atoms with Crippen LogP contribution in [-0.2, 0) is 16.1 Å². The van der Waals surface area contributed by atoms with Crippen LogP contribution in [0.15, 0.2) is 23.1 Å². The zero-order valence-corrected chi connectivity index (χ0v) is 13.0. The second kappa shape index (κ2) is 8.23. The van der Waals surface area contributed by atoms with Crippen molar-refractivity contribution in [2.24, 2.45) is 0 Å². The van der Waals surface area contributed by atoms with Gasteiger partial charge in [-0.15, -0.1) is 11.8 Å². The zero-order chi connectivity index (χ0) is 14.3. The van der Waals surface area contributed by atoms with E-state index in [0.29, 0.717) is 12.5 Å². The Morgan fingerprint density at radius 2 is 2.16 bits per heavy atom. The molecular weight excluding hydrogens is 258 g/mol. The fourth-order valence-electron chi connectivity index (χ4n) is 1.65. The van der Waals surface area contributed by atoms with E-state index in [0.717, 1.165) is 12.3 Å². The van der Waals surface area contributed by atoms with Gasteiger partial charge in [0, 0.05) is 23.2 Å². The Balaban J connectivity index is 2.50. The molecule has 0 atom stereocenters. The molecule has 0 saturated carbocycles. The number of aryl methyl sites for hydroxylation is 1. The molecule has 0 aliphatic heterocycles. The number of esters is 1. The summed E-state index contributed by atoms with van der Waals surface area (Å²) < 4.78 is 4.63. The molecule has 0 aliphatic rings. The standard InChI is InChI=1S/C15H23NO2S/c1-11(2)16-10-13-5-6-14(12(3)9-13)19-8-7-15(17)18-4/h5-6,9,11,16H,7-8,10H2,1-4H3. The molecule has 0 radical (unpaired) electrons. The van der Waals surface area contributed by atoms with Crippen molar-refractivity contribution in [2.75, 3.05) is 12.9 Å². The van der Waals surface area contributed by atoms with Gasteiger partial charge < -0.3 is 10.1 Å². The van der Waals surface area contributed by atoms with Gasteiger partial charge in [0.1, 0.15) is 0 Å². The Hall–Kier alpha value is -1.00. The van der Waals surface area contributed by atoms with Crippen molar-refractivity contribution in [1.82, 2.24) is 5.32 Å². The van der Waals surface area contributed by atoms with Gasteiger partial charge >= 0.3 is 5.97 Å². The molecular formula is C15H23NO2S. The summed E-state index contributed by atoms with van der Waals surface area (Å²) in [6.45, 7) is 7.29. The number of hydrogen-bond donors (Lipinski definition) is 1. The Labute approximate surface area is 120 Å². The van der Waals surface area contributed by atoms with Crippen molar-refractivity contribution in [3.05, 3.63) is 29.3 Å². The summed E-state index contributed by atoms with van der Waals surface area (Å²) in [5.74, 6) is 0.611. The molecule has 0 heterocycles. The van der Waals surface area contributed by atoms with Crippen LogP contribution in [0.1, 0.15) is 31.4 Å². The van der Waals surface area contributed by atoms with E-state index in [9.17, 15) is 4.79 Å². The van der Waals surface area contributed by atoms with Gasteiger partial charge in [0.05, 0.1) is 13.5 Å². The highest BCUT2D eigenvalue weighted by Gasteiger charge is 2.04. The lowest BCUT2D eigenvalue weighted by atomic mass is 10.1. The maximum Gasteiger partial charge on any atom is 0.306 e. The van der Waals surface area contributed by atoms with E-state index < -0.39 is 0 Å². The van der Waals surface area contributed by atoms with Crippen molar-refractivity contribution in [1.29, 1.82) is 0 Å². The fourth-order valence-corrected chi connectivity index (χ4v) is 2.59. The highest BCUT2D eigenvalue weighted by atomic mass is 32.2. The maximum absolute atomic E-state index is 11.0. The Kier molecular flexibility index (Phi) is 6.95. The van der Waals surface area contributed by atoms with Crippen LogP contribution in [-0.4, -0.2) is 24.9 Å². The van der Waals surface area contributed by atoms with Crippen LogP contribution < -0.4 is 5.32 Å². The highest BCUT2D eigenvalue weighted by molar-refractivity contribution is 7.99. The van der Waals surface area contributed by atoms with Crippen molar-refractivity contribution < 1.29 is 9.53 Å². The van der Waals surface area contributed by atoms with Crippen LogP contribution in [0.2, 0.25) is 0 Å². The highest BCUT2D eigenvalue weighted by Crippen LogP contribution is 2.24. The zero-order valence-electron chi connectivity index (χ0n) is 12.2. The van der Waals surface area contributed by atoms with Crippen molar-refractivity contribution in [2.45, 2.75) is 44.7 Å². The number of hydrogen-bond acceptors (Lipinski definition) is 4. The predicted molar refractivity (Wildman–Crippen MR) is 80.5 cm³/mol. The van der Waals surface area contributed by atoms with Crippen LogP contribution in [0.3, 0.4) is 0 Å². The number of rotatable bonds is 7. The number of carbonyl (C=O) groups excluding carboxylic acids is 1. The van der Waals surface area contributed by atoms with Gasteiger partial charge in [0.15, 0.2) is 0 Å². The summed E-state index contributed by atoms with van der Waals surface area (Å²) in [6, 6.07) is 6.97. The van der Waals surface area contributed by atoms with Gasteiger partial charge in [-0.2, -0.15) is 0 Å². The Morgan fingerprint density at radius 3 is 2.74 bits per heavy atom. The number of ether oxygens (including phenoxy) is 1. The van der Waals surface area contributed by atoms with E-state index in [4.69, 9.17) is 0 Å². The second-order valence-electron chi connectivity index (χ2n) is 4.81. The Bertz CT molecular complexity index is 419. The molecule has 0 amide bonds. The van der Waals surface area contributed by atoms with Gasteiger partial charge in [-0.3, -0.25) is 4.79 Å². The van der Waals surface area contributed by atoms with Gasteiger partial charge in [0.25, 0.3) is 0 Å². The molecule has 106 valence electrons. The quantitative estimate of drug-likeness (QED) is 0.615. The first-order chi connectivity index (χ1) is 9.02. The van der Waals surface area contributed by atoms with Gasteiger partial charge in [-0.1, -0.05) is 26.0 Å². The SMILES string of the molecule is COC(=O)CCSc1ccc(CNC(C)C)cc1C. The molecule has 0 unspecified atom stereocenters. The third kappa shape index (κ3) is 6.12. The molecule has 0 saturated heterocycles. The Morgan fingerprint density at radius 1 is 1.42 bits per heavy atom. The monoisotopic (exact) mass is 281 g/mol. The topological polar surface area (TPSA) is 38.3 Å². The third-order valence-electron chi connectivity index (χ3n) is 2.75. The van der Waals surface area contributed by atoms with Gasteiger partial charge in [-0.05, 0) is 24.1 Å². The average molecular weight is 281 g/mol. The summed E-state index contributed by atoms with van der Waals surface area (Å²) in [7, 11) is 1.43. The third-order valence-corrected chi connectivity index (χ3v) is 3.92. The van der Waals surface area contributed by atoms with Gasteiger partial charge in [0.2, 0.25) is 0 Å². The molecule has 0 bridgehead atoms. The lowest BCUT2D eigenvalue weighted by Crippen LogP contribution is -2.21. The number of nitrogens with one attached hydrogen (secondary N) is 1. The maximum atomic E-state index is 11.0. The fraction of sp³-hybridized carbons (Fsp3) is 0.533. The molecule has 0 aliphatic carbocycles. The molecule has 1 aromatic carbocycles. The second-order valence-corrected chi connectivity index (χ2v) is 5.95. The summed E-state index contributed by atoms with van der Waals surface area (Å²) >= 11 is 1.70. The minimum Gasteiger partial charge on any atom is -0.469 e. The van der Waals surface area contributed by atoms with E-state index in [2.05, 4.69) is 49.0 Å². The normalized spacial score (nSPS) is 10.8. The molecule has 0 fully saturated rings. The number of thioether (sulfide) groups is 1. The van der Waals surface area contributed by atoms with Crippen LogP contribution in [0.4, 0.5) is 0 Å². The first-order valence-electron chi connectivity index (χ1n) is 6.55. The van der Waals surface area contributed by atoms with Gasteiger partial charge in [-0.25, -0.2) is 0 Å². The van der Waals surface area contributed by atoms with E-state index in [1.165, 1.54) is 23.1 Å². The molecule has 3 nitrogen and oxygen atoms in total. The van der Waals surface area contributed by atoms with Crippen molar-refractivity contribution >= 4 is 17.7 Å². The summed E-state index contributed by atoms with van der Waals surface area (Å²) in [5, 5.41) is 3.41. The molecule has 4 heteroatoms. The molecule has 0 spiro atoms. The van der Waals surface area contributed by atoms with Crippen LogP contribution in [0.5, 0.6) is 0 Å². The lowest BCUT2D eigenvalue weighted by Gasteiger charge is -2.11. The minimum absolute atomic E-state index is 0.150. The molecule has 0 aromatic heterocycles. The van der Waals surface area contributed by atoms with Crippen molar-refractivity contribution in [3.63, 3.8) is 0 Å². The molecule has 1 N–H and O–H groups in total. The lowest BCUT2D eigenvalue weighted by molar-refractivity contribution is -0.140. The van der Waals surface area contributed by atoms with E-state index in [1.54, 1.807) is 11.8 Å². The molecule has 19 heavy (non-hydrogen) atoms. The minimum atomic E-state index is -0.150. The molecule has 1 aromatic rings.